The third-order valence-electron chi connectivity index (χ3n) is 0.779. The van der Waals surface area contributed by atoms with Crippen molar-refractivity contribution in [1.82, 2.24) is 0 Å². The molecule has 0 aromatic heterocycles. The highest BCUT2D eigenvalue weighted by molar-refractivity contribution is 8.32. The van der Waals surface area contributed by atoms with Crippen molar-refractivity contribution >= 4 is 16.0 Å². The number of ether oxygens (including phenoxy) is 1. The first-order valence-corrected chi connectivity index (χ1v) is 5.71. The quantitative estimate of drug-likeness (QED) is 0.546. The Hall–Kier alpha value is -0.180. The zero-order valence-electron chi connectivity index (χ0n) is 6.43. The van der Waals surface area contributed by atoms with Crippen LogP contribution in [0.2, 0.25) is 0 Å². The summed E-state index contributed by atoms with van der Waals surface area (Å²) < 4.78 is 4.51. The van der Waals surface area contributed by atoms with Gasteiger partial charge in [-0.05, 0) is 18.8 Å². The first-order valence-electron chi connectivity index (χ1n) is 2.68. The standard InChI is InChI=1S/C6H14O2S/c1-8-6(7)5-9(2,3)4/h5H2,1-4H3. The van der Waals surface area contributed by atoms with E-state index in [1.54, 1.807) is 0 Å². The lowest BCUT2D eigenvalue weighted by molar-refractivity contribution is -0.137. The summed E-state index contributed by atoms with van der Waals surface area (Å²) in [5, 5.41) is 0. The lowest BCUT2D eigenvalue weighted by atomic mass is 10.8. The summed E-state index contributed by atoms with van der Waals surface area (Å²) >= 11 is 0. The number of esters is 1. The Morgan fingerprint density at radius 3 is 2.00 bits per heavy atom. The van der Waals surface area contributed by atoms with Gasteiger partial charge in [0.25, 0.3) is 0 Å². The van der Waals surface area contributed by atoms with Crippen LogP contribution in [-0.4, -0.2) is 37.6 Å². The second-order valence-electron chi connectivity index (χ2n) is 2.81. The molecule has 0 aliphatic rings. The Bertz CT molecular complexity index is 104. The molecule has 0 bridgehead atoms. The van der Waals surface area contributed by atoms with E-state index in [0.29, 0.717) is 5.75 Å². The zero-order chi connectivity index (χ0) is 7.49. The second-order valence-corrected chi connectivity index (χ2v) is 7.28. The lowest BCUT2D eigenvalue weighted by Crippen LogP contribution is -2.12. The minimum Gasteiger partial charge on any atom is -0.468 e. The SMILES string of the molecule is COC(=O)CS(C)(C)C. The van der Waals surface area contributed by atoms with Crippen LogP contribution in [0.4, 0.5) is 0 Å². The van der Waals surface area contributed by atoms with E-state index >= 15 is 0 Å². The van der Waals surface area contributed by atoms with Crippen molar-refractivity contribution in [2.24, 2.45) is 0 Å². The summed E-state index contributed by atoms with van der Waals surface area (Å²) in [6.45, 7) is 0. The van der Waals surface area contributed by atoms with E-state index < -0.39 is 10.0 Å². The van der Waals surface area contributed by atoms with Gasteiger partial charge in [0.05, 0.1) is 12.9 Å². The lowest BCUT2D eigenvalue weighted by Gasteiger charge is -2.22. The third kappa shape index (κ3) is 5.69. The highest BCUT2D eigenvalue weighted by atomic mass is 32.3. The van der Waals surface area contributed by atoms with Crippen LogP contribution in [0.5, 0.6) is 0 Å². The van der Waals surface area contributed by atoms with Crippen molar-refractivity contribution < 1.29 is 9.53 Å². The summed E-state index contributed by atoms with van der Waals surface area (Å²) in [5.41, 5.74) is 0. The molecule has 0 rings (SSSR count). The molecule has 0 amide bonds. The van der Waals surface area contributed by atoms with E-state index in [4.69, 9.17) is 0 Å². The molecule has 3 heteroatoms. The Morgan fingerprint density at radius 1 is 1.44 bits per heavy atom. The average Bonchev–Trinajstić information content (AvgIpc) is 1.62. The predicted octanol–water partition coefficient (Wildman–Crippen LogP) is 0.853. The van der Waals surface area contributed by atoms with Gasteiger partial charge in [0, 0.05) is 0 Å². The summed E-state index contributed by atoms with van der Waals surface area (Å²) in [6.07, 6.45) is 6.26. The van der Waals surface area contributed by atoms with Crippen LogP contribution in [0.25, 0.3) is 0 Å². The smallest absolute Gasteiger partial charge is 0.314 e. The number of hydrogen-bond acceptors (Lipinski definition) is 2. The molecule has 0 aromatic carbocycles. The van der Waals surface area contributed by atoms with Crippen molar-refractivity contribution in [1.29, 1.82) is 0 Å². The number of hydrogen-bond donors (Lipinski definition) is 0. The predicted molar refractivity (Wildman–Crippen MR) is 42.2 cm³/mol. The van der Waals surface area contributed by atoms with Gasteiger partial charge in [-0.3, -0.25) is 4.79 Å². The number of rotatable bonds is 2. The molecular formula is C6H14O2S. The van der Waals surface area contributed by atoms with Gasteiger partial charge in [-0.15, -0.1) is 0 Å². The molecule has 0 saturated heterocycles. The van der Waals surface area contributed by atoms with Gasteiger partial charge in [0.1, 0.15) is 0 Å². The fourth-order valence-corrected chi connectivity index (χ4v) is 1.24. The molecule has 0 heterocycles. The molecule has 9 heavy (non-hydrogen) atoms. The molecule has 0 saturated carbocycles. The van der Waals surface area contributed by atoms with Crippen molar-refractivity contribution in [2.45, 2.75) is 0 Å². The minimum absolute atomic E-state index is 0.0995. The van der Waals surface area contributed by atoms with Gasteiger partial charge in [0.2, 0.25) is 0 Å². The highest BCUT2D eigenvalue weighted by Crippen LogP contribution is 2.33. The number of carbonyl (C=O) groups is 1. The largest absolute Gasteiger partial charge is 0.468 e. The maximum Gasteiger partial charge on any atom is 0.314 e. The van der Waals surface area contributed by atoms with Crippen LogP contribution in [0.3, 0.4) is 0 Å². The molecule has 56 valence electrons. The summed E-state index contributed by atoms with van der Waals surface area (Å²) in [5.74, 6) is 0.473. The third-order valence-corrected chi connectivity index (χ3v) is 1.88. The Labute approximate surface area is 57.9 Å². The van der Waals surface area contributed by atoms with Crippen LogP contribution in [0.1, 0.15) is 0 Å². The van der Waals surface area contributed by atoms with E-state index in [-0.39, 0.29) is 5.97 Å². The van der Waals surface area contributed by atoms with Crippen molar-refractivity contribution in [3.05, 3.63) is 0 Å². The van der Waals surface area contributed by atoms with Gasteiger partial charge < -0.3 is 4.74 Å². The number of carbonyl (C=O) groups excluding carboxylic acids is 1. The van der Waals surface area contributed by atoms with E-state index in [2.05, 4.69) is 23.5 Å². The Kier molecular flexibility index (Phi) is 3.04. The Morgan fingerprint density at radius 2 is 1.89 bits per heavy atom. The fourth-order valence-electron chi connectivity index (χ4n) is 0.412. The first kappa shape index (κ1) is 8.82. The summed E-state index contributed by atoms with van der Waals surface area (Å²) in [7, 11) is 0.714. The molecule has 0 unspecified atom stereocenters. The molecule has 0 aliphatic carbocycles. The van der Waals surface area contributed by atoms with Gasteiger partial charge in [-0.25, -0.2) is 10.0 Å². The molecule has 0 N–H and O–H groups in total. The maximum atomic E-state index is 10.6. The zero-order valence-corrected chi connectivity index (χ0v) is 7.25. The van der Waals surface area contributed by atoms with Crippen molar-refractivity contribution in [3.63, 3.8) is 0 Å². The maximum absolute atomic E-state index is 10.6. The molecule has 0 fully saturated rings. The molecule has 0 atom stereocenters. The van der Waals surface area contributed by atoms with Crippen molar-refractivity contribution in [2.75, 3.05) is 31.6 Å². The fraction of sp³-hybridized carbons (Fsp3) is 0.833. The van der Waals surface area contributed by atoms with E-state index in [1.807, 2.05) is 0 Å². The van der Waals surface area contributed by atoms with Gasteiger partial charge in [-0.1, -0.05) is 0 Å². The molecule has 0 aliphatic heterocycles. The van der Waals surface area contributed by atoms with Gasteiger partial charge in [-0.2, -0.15) is 0 Å². The van der Waals surface area contributed by atoms with Crippen LogP contribution < -0.4 is 0 Å². The first-order chi connectivity index (χ1) is 3.95. The van der Waals surface area contributed by atoms with Gasteiger partial charge in [0.15, 0.2) is 0 Å². The van der Waals surface area contributed by atoms with E-state index in [9.17, 15) is 4.79 Å². The average molecular weight is 150 g/mol. The normalized spacial score (nSPS) is 12.9. The molecular weight excluding hydrogens is 136 g/mol. The minimum atomic E-state index is -0.710. The van der Waals surface area contributed by atoms with Crippen LogP contribution in [0.15, 0.2) is 0 Å². The van der Waals surface area contributed by atoms with Crippen LogP contribution >= 0.6 is 10.0 Å². The monoisotopic (exact) mass is 150 g/mol. The molecule has 0 aromatic rings. The van der Waals surface area contributed by atoms with E-state index in [1.165, 1.54) is 7.11 Å². The summed E-state index contributed by atoms with van der Waals surface area (Å²) in [6, 6.07) is 0. The van der Waals surface area contributed by atoms with Crippen molar-refractivity contribution in [3.8, 4) is 0 Å². The molecule has 0 spiro atoms. The highest BCUT2D eigenvalue weighted by Gasteiger charge is 2.09. The van der Waals surface area contributed by atoms with Crippen LogP contribution in [0, 0.1) is 0 Å². The number of methoxy groups -OCH3 is 1. The summed E-state index contributed by atoms with van der Waals surface area (Å²) in [4.78, 5) is 10.6. The van der Waals surface area contributed by atoms with Crippen LogP contribution in [-0.2, 0) is 9.53 Å². The van der Waals surface area contributed by atoms with Gasteiger partial charge >= 0.3 is 5.97 Å². The Balaban J connectivity index is 3.60. The second kappa shape index (κ2) is 3.11. The molecule has 2 nitrogen and oxygen atoms in total. The topological polar surface area (TPSA) is 26.3 Å². The molecule has 0 radical (unpaired) electrons. The van der Waals surface area contributed by atoms with E-state index in [0.717, 1.165) is 0 Å².